The van der Waals surface area contributed by atoms with E-state index in [1.807, 2.05) is 0 Å². The summed E-state index contributed by atoms with van der Waals surface area (Å²) in [6, 6.07) is 8.23. The van der Waals surface area contributed by atoms with E-state index < -0.39 is 85.6 Å². The highest BCUT2D eigenvalue weighted by Crippen LogP contribution is 2.36. The lowest BCUT2D eigenvalue weighted by Crippen LogP contribution is -2.60. The Morgan fingerprint density at radius 3 is 2.07 bits per heavy atom. The highest BCUT2D eigenvalue weighted by atomic mass is 16.7. The van der Waals surface area contributed by atoms with Crippen molar-refractivity contribution in [3.63, 3.8) is 0 Å². The molecule has 16 heteroatoms. The van der Waals surface area contributed by atoms with Gasteiger partial charge in [0.15, 0.2) is 12.1 Å². The summed E-state index contributed by atoms with van der Waals surface area (Å²) in [6.07, 6.45) is -14.5. The molecule has 0 aliphatic carbocycles. The molecule has 2 aromatic carbocycles. The Bertz CT molecular complexity index is 1170. The number of benzene rings is 2. The minimum atomic E-state index is -1.79. The van der Waals surface area contributed by atoms with E-state index in [1.54, 1.807) is 12.1 Å². The fraction of sp³-hybridized carbons (Fsp3) is 0.481. The fourth-order valence-corrected chi connectivity index (χ4v) is 3.91. The van der Waals surface area contributed by atoms with E-state index in [0.29, 0.717) is 6.42 Å². The van der Waals surface area contributed by atoms with Crippen LogP contribution in [-0.4, -0.2) is 142 Å². The highest BCUT2D eigenvalue weighted by molar-refractivity contribution is 6.01. The Kier molecular flexibility index (Phi) is 13.7. The van der Waals surface area contributed by atoms with Gasteiger partial charge >= 0.3 is 0 Å². The molecule has 0 saturated carbocycles. The van der Waals surface area contributed by atoms with Crippen LogP contribution in [0.1, 0.15) is 22.3 Å². The van der Waals surface area contributed by atoms with E-state index >= 15 is 0 Å². The van der Waals surface area contributed by atoms with Crippen molar-refractivity contribution in [3.8, 4) is 23.0 Å². The Balaban J connectivity index is 0.000000455. The van der Waals surface area contributed by atoms with Crippen molar-refractivity contribution in [1.82, 2.24) is 0 Å². The van der Waals surface area contributed by atoms with Gasteiger partial charge in [-0.15, -0.1) is 0 Å². The number of hydrogen-bond acceptors (Lipinski definition) is 16. The van der Waals surface area contributed by atoms with Gasteiger partial charge < -0.3 is 75.5 Å². The second-order valence-electron chi connectivity index (χ2n) is 9.60. The molecule has 12 N–H and O–H groups in total. The molecule has 0 radical (unpaired) electrons. The molecular formula is C27H36O16. The monoisotopic (exact) mass is 616 g/mol. The van der Waals surface area contributed by atoms with Crippen LogP contribution in [0, 0.1) is 0 Å². The van der Waals surface area contributed by atoms with Gasteiger partial charge in [0.25, 0.3) is 0 Å². The van der Waals surface area contributed by atoms with Gasteiger partial charge in [-0.25, -0.2) is 0 Å². The third kappa shape index (κ3) is 9.54. The van der Waals surface area contributed by atoms with E-state index in [2.05, 4.69) is 0 Å². The molecule has 1 heterocycles. The summed E-state index contributed by atoms with van der Waals surface area (Å²) >= 11 is 0. The summed E-state index contributed by atoms with van der Waals surface area (Å²) in [7, 11) is 0. The smallest absolute Gasteiger partial charge is 0.229 e. The molecule has 1 aliphatic heterocycles. The number of aromatic hydroxyl groups is 3. The zero-order valence-electron chi connectivity index (χ0n) is 22.6. The molecule has 2 aromatic rings. The van der Waals surface area contributed by atoms with Gasteiger partial charge in [0, 0.05) is 18.6 Å². The van der Waals surface area contributed by atoms with Crippen LogP contribution >= 0.6 is 0 Å². The van der Waals surface area contributed by atoms with Crippen molar-refractivity contribution in [2.45, 2.75) is 68.0 Å². The van der Waals surface area contributed by atoms with Crippen LogP contribution in [0.25, 0.3) is 0 Å². The van der Waals surface area contributed by atoms with Gasteiger partial charge in [-0.1, -0.05) is 12.1 Å². The normalized spacial score (nSPS) is 24.5. The SMILES string of the molecule is O=C(CCc1ccc(O)cc1)c1c(O)cc(O)cc1O[C@@H]1O[C@H](CO)[C@@H](O)[C@H](O)[C@H]1O.O=C[C@H](O)[C@@H](O)[C@H](O)[C@H](O)CO. The molecule has 0 spiro atoms. The maximum atomic E-state index is 12.8. The predicted molar refractivity (Wildman–Crippen MR) is 142 cm³/mol. The molecule has 240 valence electrons. The molecule has 0 amide bonds. The number of ketones is 1. The van der Waals surface area contributed by atoms with Crippen molar-refractivity contribution in [3.05, 3.63) is 47.5 Å². The summed E-state index contributed by atoms with van der Waals surface area (Å²) in [4.78, 5) is 22.7. The quantitative estimate of drug-likeness (QED) is 0.0810. The Labute approximate surface area is 244 Å². The van der Waals surface area contributed by atoms with Crippen LogP contribution in [0.4, 0.5) is 0 Å². The third-order valence-electron chi connectivity index (χ3n) is 6.43. The minimum absolute atomic E-state index is 0.0258. The zero-order chi connectivity index (χ0) is 32.4. The number of aliphatic hydroxyl groups is 9. The van der Waals surface area contributed by atoms with E-state index in [4.69, 9.17) is 35.0 Å². The summed E-state index contributed by atoms with van der Waals surface area (Å²) in [6.45, 7) is -1.43. The van der Waals surface area contributed by atoms with Gasteiger partial charge in [0.2, 0.25) is 6.29 Å². The number of rotatable bonds is 12. The van der Waals surface area contributed by atoms with Crippen molar-refractivity contribution in [2.75, 3.05) is 13.2 Å². The van der Waals surface area contributed by atoms with Crippen LogP contribution in [-0.2, 0) is 16.0 Å². The fourth-order valence-electron chi connectivity index (χ4n) is 3.91. The zero-order valence-corrected chi connectivity index (χ0v) is 22.6. The second-order valence-corrected chi connectivity index (χ2v) is 9.60. The standard InChI is InChI=1S/C21H24O10.C6H12O6/c22-9-16-18(27)19(28)20(29)21(31-16)30-15-8-12(24)7-14(26)17(15)13(25)6-3-10-1-4-11(23)5-2-10;7-1-3(9)5(11)6(12)4(10)2-8/h1-2,4-5,7-8,16,18-24,26-29H,3,6,9H2;1,3-6,8-12H,2H2/t16-,18-,19+,20-,21-;3-,4+,5+,6+/m10/s1. The molecule has 1 fully saturated rings. The number of carbonyl (C=O) groups excluding carboxylic acids is 2. The Hall–Kier alpha value is -3.42. The first-order valence-electron chi connectivity index (χ1n) is 12.9. The third-order valence-corrected chi connectivity index (χ3v) is 6.43. The van der Waals surface area contributed by atoms with Crippen LogP contribution < -0.4 is 4.74 Å². The summed E-state index contributed by atoms with van der Waals surface area (Å²) in [5.41, 5.74) is 0.495. The van der Waals surface area contributed by atoms with E-state index in [-0.39, 0.29) is 29.8 Å². The number of phenols is 3. The number of carbonyl (C=O) groups is 2. The minimum Gasteiger partial charge on any atom is -0.508 e. The first kappa shape index (κ1) is 35.8. The summed E-state index contributed by atoms with van der Waals surface area (Å²) < 4.78 is 10.7. The van der Waals surface area contributed by atoms with Gasteiger partial charge in [-0.3, -0.25) is 4.79 Å². The van der Waals surface area contributed by atoms with Crippen LogP contribution in [0.3, 0.4) is 0 Å². The van der Waals surface area contributed by atoms with Crippen molar-refractivity contribution in [1.29, 1.82) is 0 Å². The molecule has 0 aromatic heterocycles. The van der Waals surface area contributed by atoms with E-state index in [0.717, 1.165) is 17.7 Å². The lowest BCUT2D eigenvalue weighted by molar-refractivity contribution is -0.277. The predicted octanol–water partition coefficient (Wildman–Crippen LogP) is -3.58. The largest absolute Gasteiger partial charge is 0.508 e. The van der Waals surface area contributed by atoms with Gasteiger partial charge in [-0.2, -0.15) is 0 Å². The number of ether oxygens (including phenoxy) is 2. The first-order chi connectivity index (χ1) is 20.2. The highest BCUT2D eigenvalue weighted by Gasteiger charge is 2.45. The first-order valence-corrected chi connectivity index (χ1v) is 12.9. The lowest BCUT2D eigenvalue weighted by atomic mass is 9.99. The van der Waals surface area contributed by atoms with Crippen LogP contribution in [0.5, 0.6) is 23.0 Å². The molecule has 16 nitrogen and oxygen atoms in total. The van der Waals surface area contributed by atoms with Gasteiger partial charge in [0.1, 0.15) is 77.4 Å². The second kappa shape index (κ2) is 16.4. The number of aliphatic hydroxyl groups excluding tert-OH is 9. The number of phenolic OH excluding ortho intramolecular Hbond substituents is 3. The van der Waals surface area contributed by atoms with Gasteiger partial charge in [-0.05, 0) is 24.1 Å². The summed E-state index contributed by atoms with van der Waals surface area (Å²) in [5, 5.41) is 112. The van der Waals surface area contributed by atoms with Crippen molar-refractivity contribution < 1.29 is 80.3 Å². The number of Topliss-reactive ketones (excluding diaryl/α,β-unsaturated/α-hetero) is 1. The Morgan fingerprint density at radius 1 is 0.884 bits per heavy atom. The molecule has 1 aliphatic rings. The van der Waals surface area contributed by atoms with E-state index in [9.17, 15) is 45.3 Å². The number of aldehydes is 1. The molecule has 0 unspecified atom stereocenters. The number of hydrogen-bond donors (Lipinski definition) is 12. The van der Waals surface area contributed by atoms with Crippen molar-refractivity contribution in [2.24, 2.45) is 0 Å². The van der Waals surface area contributed by atoms with Crippen LogP contribution in [0.2, 0.25) is 0 Å². The maximum absolute atomic E-state index is 12.8. The van der Waals surface area contributed by atoms with E-state index in [1.165, 1.54) is 12.1 Å². The molecule has 3 rings (SSSR count). The number of aryl methyl sites for hydroxylation is 1. The molecule has 43 heavy (non-hydrogen) atoms. The van der Waals surface area contributed by atoms with Gasteiger partial charge in [0.05, 0.1) is 13.2 Å². The average molecular weight is 617 g/mol. The lowest BCUT2D eigenvalue weighted by Gasteiger charge is -2.39. The van der Waals surface area contributed by atoms with Crippen LogP contribution in [0.15, 0.2) is 36.4 Å². The molecule has 0 bridgehead atoms. The maximum Gasteiger partial charge on any atom is 0.229 e. The average Bonchev–Trinajstić information content (AvgIpc) is 2.99. The Morgan fingerprint density at radius 2 is 1.51 bits per heavy atom. The topological polar surface area (TPSA) is 295 Å². The summed E-state index contributed by atoms with van der Waals surface area (Å²) in [5.74, 6) is -1.74. The molecule has 1 saturated heterocycles. The molecular weight excluding hydrogens is 580 g/mol. The molecule has 9 atom stereocenters. The van der Waals surface area contributed by atoms with Crippen molar-refractivity contribution >= 4 is 12.1 Å².